The fraction of sp³-hybridized carbons (Fsp3) is 0.550. The van der Waals surface area contributed by atoms with E-state index in [1.807, 2.05) is 38.7 Å². The Kier molecular flexibility index (Phi) is 4.76. The molecular weight excluding hydrogens is 321 g/mol. The van der Waals surface area contributed by atoms with Gasteiger partial charge in [-0.1, -0.05) is 6.08 Å². The molecule has 2 bridgehead atoms. The van der Waals surface area contributed by atoms with E-state index >= 15 is 0 Å². The second-order valence-electron chi connectivity index (χ2n) is 7.69. The fourth-order valence-electron chi connectivity index (χ4n) is 3.64. The standard InChI is InChI=1S/C20H26FNO3/c1-5-24-18-11-13(8-15(21)12-18)14-9-16-6-7-17(10-14)22(16)19(23)25-20(2,3)4/h8-9,11-12,16-17H,5-7,10H2,1-4H3. The summed E-state index contributed by atoms with van der Waals surface area (Å²) in [5, 5.41) is 0. The van der Waals surface area contributed by atoms with Gasteiger partial charge in [-0.25, -0.2) is 9.18 Å². The average Bonchev–Trinajstić information content (AvgIpc) is 2.76. The minimum absolute atomic E-state index is 0.0161. The van der Waals surface area contributed by atoms with Gasteiger partial charge in [0.2, 0.25) is 0 Å². The summed E-state index contributed by atoms with van der Waals surface area (Å²) in [6, 6.07) is 4.94. The van der Waals surface area contributed by atoms with Gasteiger partial charge in [0.15, 0.2) is 0 Å². The third-order valence-electron chi connectivity index (χ3n) is 4.55. The highest BCUT2D eigenvalue weighted by atomic mass is 19.1. The summed E-state index contributed by atoms with van der Waals surface area (Å²) < 4.78 is 24.9. The molecule has 1 aromatic rings. The molecule has 2 atom stereocenters. The topological polar surface area (TPSA) is 38.8 Å². The van der Waals surface area contributed by atoms with E-state index in [1.165, 1.54) is 12.1 Å². The number of nitrogens with zero attached hydrogens (tertiary/aromatic N) is 1. The second-order valence-corrected chi connectivity index (χ2v) is 7.69. The first-order chi connectivity index (χ1) is 11.8. The molecule has 25 heavy (non-hydrogen) atoms. The maximum absolute atomic E-state index is 13.9. The number of carbonyl (C=O) groups excluding carboxylic acids is 1. The van der Waals surface area contributed by atoms with E-state index in [1.54, 1.807) is 0 Å². The Morgan fingerprint density at radius 1 is 1.28 bits per heavy atom. The minimum Gasteiger partial charge on any atom is -0.494 e. The maximum Gasteiger partial charge on any atom is 0.411 e. The lowest BCUT2D eigenvalue weighted by molar-refractivity contribution is 0.0175. The lowest BCUT2D eigenvalue weighted by Crippen LogP contribution is -2.45. The zero-order valence-electron chi connectivity index (χ0n) is 15.3. The van der Waals surface area contributed by atoms with E-state index in [-0.39, 0.29) is 24.0 Å². The van der Waals surface area contributed by atoms with Crippen molar-refractivity contribution in [3.8, 4) is 5.75 Å². The Hall–Kier alpha value is -2.04. The van der Waals surface area contributed by atoms with E-state index in [0.717, 1.165) is 24.0 Å². The van der Waals surface area contributed by atoms with Crippen LogP contribution in [0.5, 0.6) is 5.75 Å². The molecule has 1 fully saturated rings. The van der Waals surface area contributed by atoms with Gasteiger partial charge in [0.05, 0.1) is 12.6 Å². The number of ether oxygens (including phenoxy) is 2. The van der Waals surface area contributed by atoms with Crippen molar-refractivity contribution in [3.63, 3.8) is 0 Å². The predicted molar refractivity (Wildman–Crippen MR) is 95.0 cm³/mol. The van der Waals surface area contributed by atoms with Crippen LogP contribution >= 0.6 is 0 Å². The van der Waals surface area contributed by atoms with Crippen LogP contribution in [0.25, 0.3) is 5.57 Å². The van der Waals surface area contributed by atoms with Crippen molar-refractivity contribution in [3.05, 3.63) is 35.7 Å². The van der Waals surface area contributed by atoms with Crippen molar-refractivity contribution in [2.24, 2.45) is 0 Å². The Labute approximate surface area is 148 Å². The first-order valence-electron chi connectivity index (χ1n) is 8.92. The third-order valence-corrected chi connectivity index (χ3v) is 4.55. The van der Waals surface area contributed by atoms with E-state index in [2.05, 4.69) is 6.08 Å². The van der Waals surface area contributed by atoms with Gasteiger partial charge < -0.3 is 9.47 Å². The third kappa shape index (κ3) is 3.97. The van der Waals surface area contributed by atoms with Gasteiger partial charge in [-0.15, -0.1) is 0 Å². The molecule has 0 aliphatic carbocycles. The van der Waals surface area contributed by atoms with Crippen molar-refractivity contribution in [2.45, 2.75) is 64.6 Å². The van der Waals surface area contributed by atoms with Crippen LogP contribution in [-0.4, -0.2) is 35.3 Å². The van der Waals surface area contributed by atoms with Gasteiger partial charge in [-0.2, -0.15) is 0 Å². The van der Waals surface area contributed by atoms with Gasteiger partial charge in [-0.3, -0.25) is 4.90 Å². The summed E-state index contributed by atoms with van der Waals surface area (Å²) in [6.07, 6.45) is 4.39. The molecule has 2 heterocycles. The Balaban J connectivity index is 1.83. The van der Waals surface area contributed by atoms with Crippen molar-refractivity contribution in [1.82, 2.24) is 4.90 Å². The molecule has 1 saturated heterocycles. The van der Waals surface area contributed by atoms with Gasteiger partial charge in [0.25, 0.3) is 0 Å². The molecule has 3 rings (SSSR count). The highest BCUT2D eigenvalue weighted by Crippen LogP contribution is 2.40. The molecule has 0 spiro atoms. The van der Waals surface area contributed by atoms with Crippen LogP contribution in [0.1, 0.15) is 52.5 Å². The highest BCUT2D eigenvalue weighted by molar-refractivity contribution is 5.75. The Bertz CT molecular complexity index is 693. The van der Waals surface area contributed by atoms with Crippen LogP contribution in [-0.2, 0) is 4.74 Å². The van der Waals surface area contributed by atoms with Crippen molar-refractivity contribution < 1.29 is 18.7 Å². The number of halogens is 1. The molecule has 0 aromatic heterocycles. The van der Waals surface area contributed by atoms with Gasteiger partial charge >= 0.3 is 6.09 Å². The number of benzene rings is 1. The largest absolute Gasteiger partial charge is 0.494 e. The lowest BCUT2D eigenvalue weighted by atomic mass is 9.94. The number of hydrogen-bond donors (Lipinski definition) is 0. The molecule has 136 valence electrons. The number of carbonyl (C=O) groups is 1. The number of hydrogen-bond acceptors (Lipinski definition) is 3. The van der Waals surface area contributed by atoms with Crippen LogP contribution in [0.3, 0.4) is 0 Å². The zero-order valence-corrected chi connectivity index (χ0v) is 15.3. The summed E-state index contributed by atoms with van der Waals surface area (Å²) in [5.74, 6) is 0.240. The van der Waals surface area contributed by atoms with E-state index in [0.29, 0.717) is 18.8 Å². The summed E-state index contributed by atoms with van der Waals surface area (Å²) >= 11 is 0. The zero-order chi connectivity index (χ0) is 18.2. The normalized spacial score (nSPS) is 22.6. The van der Waals surface area contributed by atoms with Crippen LogP contribution < -0.4 is 4.74 Å². The van der Waals surface area contributed by atoms with Crippen LogP contribution in [0.4, 0.5) is 9.18 Å². The predicted octanol–water partition coefficient (Wildman–Crippen LogP) is 4.78. The molecule has 0 saturated carbocycles. The average molecular weight is 347 g/mol. The van der Waals surface area contributed by atoms with Crippen LogP contribution in [0.2, 0.25) is 0 Å². The van der Waals surface area contributed by atoms with Crippen molar-refractivity contribution in [1.29, 1.82) is 0 Å². The molecule has 5 heteroatoms. The molecule has 1 aromatic carbocycles. The SMILES string of the molecule is CCOc1cc(F)cc(C2=CC3CCC(C2)N3C(=O)OC(C)(C)C)c1. The van der Waals surface area contributed by atoms with Crippen LogP contribution in [0.15, 0.2) is 24.3 Å². The Morgan fingerprint density at radius 3 is 2.68 bits per heavy atom. The second kappa shape index (κ2) is 6.70. The molecule has 4 nitrogen and oxygen atoms in total. The lowest BCUT2D eigenvalue weighted by Gasteiger charge is -2.35. The molecule has 2 aliphatic rings. The van der Waals surface area contributed by atoms with Crippen LogP contribution in [0, 0.1) is 5.82 Å². The van der Waals surface area contributed by atoms with Gasteiger partial charge in [0, 0.05) is 12.1 Å². The summed E-state index contributed by atoms with van der Waals surface area (Å²) in [7, 11) is 0. The molecule has 0 radical (unpaired) electrons. The number of amides is 1. The highest BCUT2D eigenvalue weighted by Gasteiger charge is 2.41. The van der Waals surface area contributed by atoms with Gasteiger partial charge in [0.1, 0.15) is 17.2 Å². The first kappa shape index (κ1) is 17.8. The summed E-state index contributed by atoms with van der Waals surface area (Å²) in [4.78, 5) is 14.4. The smallest absolute Gasteiger partial charge is 0.411 e. The Morgan fingerprint density at radius 2 is 2.04 bits per heavy atom. The number of rotatable bonds is 3. The summed E-state index contributed by atoms with van der Waals surface area (Å²) in [6.45, 7) is 8.00. The fourth-order valence-corrected chi connectivity index (χ4v) is 3.64. The van der Waals surface area contributed by atoms with Crippen molar-refractivity contribution in [2.75, 3.05) is 6.61 Å². The van der Waals surface area contributed by atoms with Gasteiger partial charge in [-0.05, 0) is 70.2 Å². The van der Waals surface area contributed by atoms with E-state index < -0.39 is 5.60 Å². The summed E-state index contributed by atoms with van der Waals surface area (Å²) in [5.41, 5.74) is 1.41. The monoisotopic (exact) mass is 347 g/mol. The molecule has 2 aliphatic heterocycles. The molecule has 1 amide bonds. The van der Waals surface area contributed by atoms with Crippen molar-refractivity contribution >= 4 is 11.7 Å². The minimum atomic E-state index is -0.504. The molecular formula is C20H26FNO3. The maximum atomic E-state index is 13.9. The molecule has 0 N–H and O–H groups in total. The number of fused-ring (bicyclic) bond motifs is 2. The first-order valence-corrected chi connectivity index (χ1v) is 8.92. The molecule has 2 unspecified atom stereocenters. The quantitative estimate of drug-likeness (QED) is 0.790. The van der Waals surface area contributed by atoms with E-state index in [9.17, 15) is 9.18 Å². The van der Waals surface area contributed by atoms with E-state index in [4.69, 9.17) is 9.47 Å².